The van der Waals surface area contributed by atoms with Gasteiger partial charge in [-0.1, -0.05) is 18.2 Å². The normalized spacial score (nSPS) is 11.0. The SMILES string of the molecule is CCNC(=NCc1cccnc1OC)NCCc1cccc(C(=O)NC)c1. The lowest BCUT2D eigenvalue weighted by Gasteiger charge is -2.12. The summed E-state index contributed by atoms with van der Waals surface area (Å²) in [5.41, 5.74) is 2.68. The first-order chi connectivity index (χ1) is 13.2. The van der Waals surface area contributed by atoms with Crippen LogP contribution in [-0.4, -0.2) is 44.1 Å². The molecular weight excluding hydrogens is 342 g/mol. The molecule has 0 saturated heterocycles. The molecule has 2 rings (SSSR count). The Morgan fingerprint density at radius 3 is 2.81 bits per heavy atom. The van der Waals surface area contributed by atoms with E-state index in [2.05, 4.69) is 25.9 Å². The van der Waals surface area contributed by atoms with E-state index in [1.807, 2.05) is 43.3 Å². The van der Waals surface area contributed by atoms with Crippen LogP contribution >= 0.6 is 0 Å². The summed E-state index contributed by atoms with van der Waals surface area (Å²) in [6.45, 7) is 3.96. The van der Waals surface area contributed by atoms with Gasteiger partial charge in [0.05, 0.1) is 13.7 Å². The first-order valence-corrected chi connectivity index (χ1v) is 8.99. The van der Waals surface area contributed by atoms with E-state index in [1.165, 1.54) is 0 Å². The van der Waals surface area contributed by atoms with E-state index in [0.29, 0.717) is 24.5 Å². The summed E-state index contributed by atoms with van der Waals surface area (Å²) in [6, 6.07) is 11.4. The number of aliphatic imine (C=N–C) groups is 1. The third kappa shape index (κ3) is 6.29. The summed E-state index contributed by atoms with van der Waals surface area (Å²) in [7, 11) is 3.24. The van der Waals surface area contributed by atoms with E-state index >= 15 is 0 Å². The molecule has 2 aromatic rings. The molecule has 1 heterocycles. The molecule has 0 fully saturated rings. The van der Waals surface area contributed by atoms with Crippen molar-refractivity contribution in [1.29, 1.82) is 0 Å². The highest BCUT2D eigenvalue weighted by molar-refractivity contribution is 5.94. The van der Waals surface area contributed by atoms with E-state index in [-0.39, 0.29) is 5.91 Å². The van der Waals surface area contributed by atoms with Crippen LogP contribution in [0.5, 0.6) is 5.88 Å². The van der Waals surface area contributed by atoms with Gasteiger partial charge in [0.2, 0.25) is 5.88 Å². The van der Waals surface area contributed by atoms with Crippen LogP contribution in [0.15, 0.2) is 47.6 Å². The zero-order chi connectivity index (χ0) is 19.5. The van der Waals surface area contributed by atoms with Gasteiger partial charge in [-0.3, -0.25) is 4.79 Å². The second-order valence-electron chi connectivity index (χ2n) is 5.82. The van der Waals surface area contributed by atoms with Crippen LogP contribution in [0.25, 0.3) is 0 Å². The number of nitrogens with zero attached hydrogens (tertiary/aromatic N) is 2. The number of carbonyl (C=O) groups excluding carboxylic acids is 1. The topological polar surface area (TPSA) is 87.6 Å². The van der Waals surface area contributed by atoms with E-state index in [9.17, 15) is 4.79 Å². The van der Waals surface area contributed by atoms with Crippen molar-refractivity contribution in [3.8, 4) is 5.88 Å². The number of methoxy groups -OCH3 is 1. The van der Waals surface area contributed by atoms with E-state index in [4.69, 9.17) is 4.74 Å². The van der Waals surface area contributed by atoms with Crippen molar-refractivity contribution in [2.75, 3.05) is 27.2 Å². The summed E-state index contributed by atoms with van der Waals surface area (Å²) in [4.78, 5) is 20.5. The first-order valence-electron chi connectivity index (χ1n) is 8.99. The summed E-state index contributed by atoms with van der Waals surface area (Å²) >= 11 is 0. The van der Waals surface area contributed by atoms with E-state index in [1.54, 1.807) is 20.4 Å². The third-order valence-electron chi connectivity index (χ3n) is 3.92. The van der Waals surface area contributed by atoms with Gasteiger partial charge in [0.25, 0.3) is 5.91 Å². The average molecular weight is 369 g/mol. The van der Waals surface area contributed by atoms with Gasteiger partial charge in [0, 0.05) is 37.5 Å². The molecule has 0 aliphatic heterocycles. The summed E-state index contributed by atoms with van der Waals surface area (Å²) in [5.74, 6) is 1.24. The quantitative estimate of drug-likeness (QED) is 0.487. The highest BCUT2D eigenvalue weighted by Gasteiger charge is 2.05. The van der Waals surface area contributed by atoms with Gasteiger partial charge in [-0.05, 0) is 37.1 Å². The van der Waals surface area contributed by atoms with Gasteiger partial charge < -0.3 is 20.7 Å². The minimum absolute atomic E-state index is 0.0786. The Kier molecular flexibility index (Phi) is 8.09. The van der Waals surface area contributed by atoms with Crippen molar-refractivity contribution in [1.82, 2.24) is 20.9 Å². The van der Waals surface area contributed by atoms with Crippen LogP contribution in [0.1, 0.15) is 28.4 Å². The molecule has 144 valence electrons. The number of nitrogens with one attached hydrogen (secondary N) is 3. The monoisotopic (exact) mass is 369 g/mol. The highest BCUT2D eigenvalue weighted by Crippen LogP contribution is 2.14. The molecule has 0 aliphatic carbocycles. The summed E-state index contributed by atoms with van der Waals surface area (Å²) in [5, 5.41) is 9.19. The molecule has 0 aliphatic rings. The molecule has 7 heteroatoms. The smallest absolute Gasteiger partial charge is 0.251 e. The molecule has 0 radical (unpaired) electrons. The van der Waals surface area contributed by atoms with Crippen LogP contribution in [0, 0.1) is 0 Å². The molecule has 0 spiro atoms. The fourth-order valence-electron chi connectivity index (χ4n) is 2.57. The number of hydrogen-bond acceptors (Lipinski definition) is 4. The Bertz CT molecular complexity index is 776. The van der Waals surface area contributed by atoms with Gasteiger partial charge in [0.1, 0.15) is 0 Å². The van der Waals surface area contributed by atoms with Crippen LogP contribution in [0.4, 0.5) is 0 Å². The number of amides is 1. The second kappa shape index (κ2) is 10.8. The van der Waals surface area contributed by atoms with Gasteiger partial charge >= 0.3 is 0 Å². The maximum atomic E-state index is 11.7. The number of aromatic nitrogens is 1. The molecule has 1 aromatic carbocycles. The van der Waals surface area contributed by atoms with Crippen molar-refractivity contribution in [3.05, 3.63) is 59.3 Å². The fourth-order valence-corrected chi connectivity index (χ4v) is 2.57. The fraction of sp³-hybridized carbons (Fsp3) is 0.350. The molecule has 7 nitrogen and oxygen atoms in total. The number of hydrogen-bond donors (Lipinski definition) is 3. The van der Waals surface area contributed by atoms with E-state index in [0.717, 1.165) is 30.1 Å². The van der Waals surface area contributed by atoms with Crippen molar-refractivity contribution in [2.24, 2.45) is 4.99 Å². The first kappa shape index (κ1) is 20.2. The molecule has 0 atom stereocenters. The Morgan fingerprint density at radius 1 is 1.22 bits per heavy atom. The Balaban J connectivity index is 1.95. The lowest BCUT2D eigenvalue weighted by atomic mass is 10.1. The molecule has 0 unspecified atom stereocenters. The largest absolute Gasteiger partial charge is 0.481 e. The van der Waals surface area contributed by atoms with E-state index < -0.39 is 0 Å². The van der Waals surface area contributed by atoms with Crippen LogP contribution in [0.3, 0.4) is 0 Å². The number of guanidine groups is 1. The zero-order valence-electron chi connectivity index (χ0n) is 16.1. The lowest BCUT2D eigenvalue weighted by molar-refractivity contribution is 0.0963. The Hall–Kier alpha value is -3.09. The molecular formula is C20H27N5O2. The molecule has 3 N–H and O–H groups in total. The van der Waals surface area contributed by atoms with Gasteiger partial charge in [-0.2, -0.15) is 0 Å². The molecule has 27 heavy (non-hydrogen) atoms. The molecule has 0 saturated carbocycles. The zero-order valence-corrected chi connectivity index (χ0v) is 16.1. The number of pyridine rings is 1. The van der Waals surface area contributed by atoms with Gasteiger partial charge in [-0.25, -0.2) is 9.98 Å². The van der Waals surface area contributed by atoms with Crippen molar-refractivity contribution in [3.63, 3.8) is 0 Å². The maximum absolute atomic E-state index is 11.7. The standard InChI is InChI=1S/C20H27N5O2/c1-4-22-20(25-14-17-9-6-11-23-19(17)27-3)24-12-10-15-7-5-8-16(13-15)18(26)21-2/h5-9,11,13H,4,10,12,14H2,1-3H3,(H,21,26)(H2,22,24,25). The summed E-state index contributed by atoms with van der Waals surface area (Å²) in [6.07, 6.45) is 2.48. The molecule has 0 bridgehead atoms. The van der Waals surface area contributed by atoms with Crippen molar-refractivity contribution < 1.29 is 9.53 Å². The average Bonchev–Trinajstić information content (AvgIpc) is 2.71. The van der Waals surface area contributed by atoms with Gasteiger partial charge in [-0.15, -0.1) is 0 Å². The van der Waals surface area contributed by atoms with Crippen molar-refractivity contribution >= 4 is 11.9 Å². The Labute approximate surface area is 160 Å². The van der Waals surface area contributed by atoms with Crippen molar-refractivity contribution in [2.45, 2.75) is 19.9 Å². The molecule has 1 aromatic heterocycles. The molecule has 1 amide bonds. The predicted molar refractivity (Wildman–Crippen MR) is 107 cm³/mol. The summed E-state index contributed by atoms with van der Waals surface area (Å²) < 4.78 is 5.26. The number of benzene rings is 1. The van der Waals surface area contributed by atoms with Crippen LogP contribution in [-0.2, 0) is 13.0 Å². The van der Waals surface area contributed by atoms with Crippen LogP contribution in [0.2, 0.25) is 0 Å². The second-order valence-corrected chi connectivity index (χ2v) is 5.82. The van der Waals surface area contributed by atoms with Crippen LogP contribution < -0.4 is 20.7 Å². The number of ether oxygens (including phenoxy) is 1. The number of rotatable bonds is 8. The predicted octanol–water partition coefficient (Wildman–Crippen LogP) is 1.75. The Morgan fingerprint density at radius 2 is 2.07 bits per heavy atom. The van der Waals surface area contributed by atoms with Gasteiger partial charge in [0.15, 0.2) is 5.96 Å². The lowest BCUT2D eigenvalue weighted by Crippen LogP contribution is -2.38. The third-order valence-corrected chi connectivity index (χ3v) is 3.92. The maximum Gasteiger partial charge on any atom is 0.251 e. The highest BCUT2D eigenvalue weighted by atomic mass is 16.5. The number of carbonyl (C=O) groups is 1. The minimum Gasteiger partial charge on any atom is -0.481 e. The minimum atomic E-state index is -0.0786.